The van der Waals surface area contributed by atoms with E-state index < -0.39 is 12.1 Å². The Morgan fingerprint density at radius 2 is 1.60 bits per heavy atom. The maximum Gasteiger partial charge on any atom is 0.471 e. The van der Waals surface area contributed by atoms with Gasteiger partial charge in [-0.25, -0.2) is 0 Å². The van der Waals surface area contributed by atoms with Gasteiger partial charge in [-0.3, -0.25) is 4.79 Å². The van der Waals surface area contributed by atoms with Crippen LogP contribution in [0.4, 0.5) is 13.2 Å². The third-order valence-corrected chi connectivity index (χ3v) is 2.98. The fourth-order valence-corrected chi connectivity index (χ4v) is 1.78. The minimum Gasteiger partial charge on any atom is -0.392 e. The van der Waals surface area contributed by atoms with Gasteiger partial charge in [-0.15, -0.1) is 0 Å². The van der Waals surface area contributed by atoms with Crippen molar-refractivity contribution in [1.82, 2.24) is 5.32 Å². The number of hydrogen-bond donors (Lipinski definition) is 2. The minimum absolute atomic E-state index is 0.0170. The van der Waals surface area contributed by atoms with Crippen LogP contribution in [0.5, 0.6) is 0 Å². The summed E-state index contributed by atoms with van der Waals surface area (Å²) in [4.78, 5) is 10.5. The summed E-state index contributed by atoms with van der Waals surface area (Å²) < 4.78 is 51.3. The highest BCUT2D eigenvalue weighted by Gasteiger charge is 2.38. The first kappa shape index (κ1) is 21.4. The molecule has 0 bridgehead atoms. The van der Waals surface area contributed by atoms with Crippen molar-refractivity contribution in [3.05, 3.63) is 35.4 Å². The Balaban J connectivity index is 1.91. The fourth-order valence-electron chi connectivity index (χ4n) is 1.78. The second-order valence-electron chi connectivity index (χ2n) is 5.01. The lowest BCUT2D eigenvalue weighted by Gasteiger charge is -2.09. The molecule has 1 aromatic carbocycles. The zero-order valence-electron chi connectivity index (χ0n) is 13.7. The molecule has 0 aliphatic heterocycles. The van der Waals surface area contributed by atoms with E-state index in [1.807, 2.05) is 24.3 Å². The largest absolute Gasteiger partial charge is 0.471 e. The van der Waals surface area contributed by atoms with Crippen molar-refractivity contribution in [3.8, 4) is 0 Å². The van der Waals surface area contributed by atoms with Crippen LogP contribution in [0.3, 0.4) is 0 Å². The molecule has 0 aliphatic rings. The number of aliphatic hydroxyl groups excluding tert-OH is 1. The predicted octanol–water partition coefficient (Wildman–Crippen LogP) is 1.41. The first-order valence-electron chi connectivity index (χ1n) is 7.70. The second kappa shape index (κ2) is 11.8. The molecule has 0 unspecified atom stereocenters. The molecule has 1 aromatic rings. The molecular formula is C16H22F3NO5. The molecule has 0 saturated heterocycles. The number of ether oxygens (including phenoxy) is 3. The highest BCUT2D eigenvalue weighted by Crippen LogP contribution is 2.13. The summed E-state index contributed by atoms with van der Waals surface area (Å²) in [6.45, 7) is 1.37. The molecule has 6 nitrogen and oxygen atoms in total. The van der Waals surface area contributed by atoms with E-state index in [0.717, 1.165) is 11.1 Å². The molecule has 0 radical (unpaired) electrons. The van der Waals surface area contributed by atoms with E-state index in [1.165, 1.54) is 0 Å². The SMILES string of the molecule is O=C(NCCOCCOCCOCc1cccc(CO)c1)C(F)(F)F. The van der Waals surface area contributed by atoms with Gasteiger partial charge in [0.25, 0.3) is 0 Å². The summed E-state index contributed by atoms with van der Waals surface area (Å²) in [6.07, 6.45) is -4.87. The summed E-state index contributed by atoms with van der Waals surface area (Å²) in [5, 5.41) is 10.7. The number of benzene rings is 1. The van der Waals surface area contributed by atoms with Gasteiger partial charge in [0, 0.05) is 6.54 Å². The highest BCUT2D eigenvalue weighted by molar-refractivity contribution is 5.81. The second-order valence-corrected chi connectivity index (χ2v) is 5.01. The normalized spacial score (nSPS) is 11.5. The number of rotatable bonds is 12. The smallest absolute Gasteiger partial charge is 0.392 e. The number of carbonyl (C=O) groups excluding carboxylic acids is 1. The number of carbonyl (C=O) groups is 1. The van der Waals surface area contributed by atoms with Gasteiger partial charge in [-0.05, 0) is 11.1 Å². The Hall–Kier alpha value is -1.68. The Bertz CT molecular complexity index is 511. The number of hydrogen-bond acceptors (Lipinski definition) is 5. The molecule has 25 heavy (non-hydrogen) atoms. The van der Waals surface area contributed by atoms with Crippen molar-refractivity contribution in [3.63, 3.8) is 0 Å². The molecule has 0 aliphatic carbocycles. The quantitative estimate of drug-likeness (QED) is 0.548. The minimum atomic E-state index is -4.87. The van der Waals surface area contributed by atoms with Gasteiger partial charge in [-0.2, -0.15) is 13.2 Å². The van der Waals surface area contributed by atoms with Crippen LogP contribution in [0.25, 0.3) is 0 Å². The molecule has 0 atom stereocenters. The molecule has 2 N–H and O–H groups in total. The number of halogens is 3. The highest BCUT2D eigenvalue weighted by atomic mass is 19.4. The molecule has 0 aromatic heterocycles. The molecule has 0 heterocycles. The molecular weight excluding hydrogens is 343 g/mol. The van der Waals surface area contributed by atoms with E-state index in [0.29, 0.717) is 19.8 Å². The van der Waals surface area contributed by atoms with Gasteiger partial charge < -0.3 is 24.6 Å². The van der Waals surface area contributed by atoms with Crippen LogP contribution in [0.1, 0.15) is 11.1 Å². The van der Waals surface area contributed by atoms with Gasteiger partial charge in [0.2, 0.25) is 0 Å². The Morgan fingerprint density at radius 1 is 1.00 bits per heavy atom. The molecule has 142 valence electrons. The number of nitrogens with one attached hydrogen (secondary N) is 1. The fraction of sp³-hybridized carbons (Fsp3) is 0.562. The lowest BCUT2D eigenvalue weighted by molar-refractivity contribution is -0.173. The van der Waals surface area contributed by atoms with Crippen molar-refractivity contribution < 1.29 is 37.3 Å². The average Bonchev–Trinajstić information content (AvgIpc) is 2.58. The molecule has 9 heteroatoms. The maximum absolute atomic E-state index is 11.9. The summed E-state index contributed by atoms with van der Waals surface area (Å²) in [5.41, 5.74) is 1.77. The zero-order chi connectivity index (χ0) is 18.5. The predicted molar refractivity (Wildman–Crippen MR) is 82.7 cm³/mol. The maximum atomic E-state index is 11.9. The van der Waals surface area contributed by atoms with Crippen molar-refractivity contribution >= 4 is 5.91 Å². The van der Waals surface area contributed by atoms with Crippen LogP contribution in [-0.4, -0.2) is 56.8 Å². The Morgan fingerprint density at radius 3 is 2.24 bits per heavy atom. The van der Waals surface area contributed by atoms with Gasteiger partial charge in [0.05, 0.1) is 46.2 Å². The number of amides is 1. The topological polar surface area (TPSA) is 77.0 Å². The van der Waals surface area contributed by atoms with E-state index in [2.05, 4.69) is 0 Å². The average molecular weight is 365 g/mol. The summed E-state index contributed by atoms with van der Waals surface area (Å²) >= 11 is 0. The van der Waals surface area contributed by atoms with Crippen LogP contribution in [0.15, 0.2) is 24.3 Å². The molecule has 0 spiro atoms. The summed E-state index contributed by atoms with van der Waals surface area (Å²) in [6, 6.07) is 7.41. The van der Waals surface area contributed by atoms with Crippen LogP contribution >= 0.6 is 0 Å². The van der Waals surface area contributed by atoms with E-state index >= 15 is 0 Å². The Kier molecular flexibility index (Phi) is 10.1. The van der Waals surface area contributed by atoms with Crippen molar-refractivity contribution in [1.29, 1.82) is 0 Å². The third kappa shape index (κ3) is 10.0. The first-order chi connectivity index (χ1) is 11.9. The lowest BCUT2D eigenvalue weighted by atomic mass is 10.1. The van der Waals surface area contributed by atoms with Crippen LogP contribution < -0.4 is 5.32 Å². The Labute approximate surface area is 143 Å². The molecule has 0 fully saturated rings. The van der Waals surface area contributed by atoms with E-state index in [9.17, 15) is 18.0 Å². The van der Waals surface area contributed by atoms with Gasteiger partial charge in [-0.1, -0.05) is 24.3 Å². The van der Waals surface area contributed by atoms with Gasteiger partial charge >= 0.3 is 12.1 Å². The van der Waals surface area contributed by atoms with E-state index in [4.69, 9.17) is 19.3 Å². The van der Waals surface area contributed by atoms with Crippen molar-refractivity contribution in [2.24, 2.45) is 0 Å². The standard InChI is InChI=1S/C16H22F3NO5/c17-16(18,19)15(22)20-4-5-23-6-7-24-8-9-25-12-14-3-1-2-13(10-14)11-21/h1-3,10,21H,4-9,11-12H2,(H,20,22). The van der Waals surface area contributed by atoms with Crippen LogP contribution in [-0.2, 0) is 32.2 Å². The molecule has 0 saturated carbocycles. The lowest BCUT2D eigenvalue weighted by Crippen LogP contribution is -2.38. The van der Waals surface area contributed by atoms with E-state index in [1.54, 1.807) is 5.32 Å². The van der Waals surface area contributed by atoms with E-state index in [-0.39, 0.29) is 33.0 Å². The van der Waals surface area contributed by atoms with Crippen molar-refractivity contribution in [2.75, 3.05) is 39.6 Å². The number of aliphatic hydroxyl groups is 1. The molecule has 1 rings (SSSR count). The summed E-state index contributed by atoms with van der Waals surface area (Å²) in [7, 11) is 0. The zero-order valence-corrected chi connectivity index (χ0v) is 13.7. The first-order valence-corrected chi connectivity index (χ1v) is 7.70. The number of alkyl halides is 3. The third-order valence-electron chi connectivity index (χ3n) is 2.98. The van der Waals surface area contributed by atoms with Crippen LogP contribution in [0, 0.1) is 0 Å². The van der Waals surface area contributed by atoms with Crippen molar-refractivity contribution in [2.45, 2.75) is 19.4 Å². The van der Waals surface area contributed by atoms with Crippen LogP contribution in [0.2, 0.25) is 0 Å². The monoisotopic (exact) mass is 365 g/mol. The van der Waals surface area contributed by atoms with Gasteiger partial charge in [0.1, 0.15) is 0 Å². The van der Waals surface area contributed by atoms with Gasteiger partial charge in [0.15, 0.2) is 0 Å². The molecule has 1 amide bonds. The summed E-state index contributed by atoms with van der Waals surface area (Å²) in [5.74, 6) is -1.98.